The lowest BCUT2D eigenvalue weighted by Crippen LogP contribution is -2.48. The third-order valence-corrected chi connectivity index (χ3v) is 4.07. The van der Waals surface area contributed by atoms with Crippen molar-refractivity contribution in [3.05, 3.63) is 0 Å². The van der Waals surface area contributed by atoms with Crippen LogP contribution in [0.25, 0.3) is 0 Å². The molecule has 2 unspecified atom stereocenters. The minimum absolute atomic E-state index is 0.0237. The van der Waals surface area contributed by atoms with E-state index < -0.39 is 0 Å². The highest BCUT2D eigenvalue weighted by Gasteiger charge is 2.37. The van der Waals surface area contributed by atoms with Crippen molar-refractivity contribution in [1.29, 1.82) is 0 Å². The molecule has 0 saturated heterocycles. The molecule has 1 saturated carbocycles. The summed E-state index contributed by atoms with van der Waals surface area (Å²) >= 11 is 0. The van der Waals surface area contributed by atoms with Gasteiger partial charge in [-0.2, -0.15) is 0 Å². The fourth-order valence-electron chi connectivity index (χ4n) is 3.32. The Balaban J connectivity index is 2.59. The summed E-state index contributed by atoms with van der Waals surface area (Å²) in [4.78, 5) is 11.7. The predicted octanol–water partition coefficient (Wildman–Crippen LogP) is 3.13. The Kier molecular flexibility index (Phi) is 6.13. The molecule has 1 fully saturated rings. The summed E-state index contributed by atoms with van der Waals surface area (Å²) in [6.07, 6.45) is 6.53. The summed E-state index contributed by atoms with van der Waals surface area (Å²) in [5, 5.41) is 3.41. The van der Waals surface area contributed by atoms with Crippen LogP contribution in [0.5, 0.6) is 0 Å². The van der Waals surface area contributed by atoms with Crippen LogP contribution in [0.3, 0.4) is 0 Å². The zero-order chi connectivity index (χ0) is 13.6. The van der Waals surface area contributed by atoms with Crippen molar-refractivity contribution in [2.45, 2.75) is 64.8 Å². The molecule has 0 amide bonds. The van der Waals surface area contributed by atoms with Gasteiger partial charge in [0.2, 0.25) is 0 Å². The third kappa shape index (κ3) is 4.60. The minimum atomic E-state index is -0.0583. The lowest BCUT2D eigenvalue weighted by atomic mass is 9.71. The average molecular weight is 255 g/mol. The molecule has 1 N–H and O–H groups in total. The molecule has 0 aliphatic heterocycles. The molecule has 1 aliphatic rings. The van der Waals surface area contributed by atoms with Gasteiger partial charge in [0.15, 0.2) is 0 Å². The Hall–Kier alpha value is -0.570. The summed E-state index contributed by atoms with van der Waals surface area (Å²) in [6, 6.07) is 0. The van der Waals surface area contributed by atoms with Gasteiger partial charge in [0.25, 0.3) is 0 Å². The fraction of sp³-hybridized carbons (Fsp3) is 0.933. The van der Waals surface area contributed by atoms with Crippen molar-refractivity contribution in [2.24, 2.45) is 11.8 Å². The monoisotopic (exact) mass is 255 g/mol. The van der Waals surface area contributed by atoms with E-state index in [1.165, 1.54) is 19.3 Å². The smallest absolute Gasteiger partial charge is 0.307 e. The van der Waals surface area contributed by atoms with E-state index in [9.17, 15) is 4.79 Å². The molecule has 0 aromatic rings. The highest BCUT2D eigenvalue weighted by molar-refractivity contribution is 5.71. The van der Waals surface area contributed by atoms with Crippen molar-refractivity contribution in [1.82, 2.24) is 5.32 Å². The zero-order valence-corrected chi connectivity index (χ0v) is 12.4. The first-order chi connectivity index (χ1) is 8.51. The maximum absolute atomic E-state index is 11.7. The van der Waals surface area contributed by atoms with Crippen LogP contribution in [0.4, 0.5) is 0 Å². The van der Waals surface area contributed by atoms with Crippen LogP contribution in [0.1, 0.15) is 59.3 Å². The number of hydrogen-bond donors (Lipinski definition) is 1. The largest absolute Gasteiger partial charge is 0.466 e. The van der Waals surface area contributed by atoms with Crippen LogP contribution in [0.15, 0.2) is 0 Å². The van der Waals surface area contributed by atoms with Gasteiger partial charge in [-0.1, -0.05) is 26.7 Å². The number of carbonyl (C=O) groups is 1. The number of rotatable bonds is 6. The first kappa shape index (κ1) is 15.5. The topological polar surface area (TPSA) is 38.3 Å². The number of nitrogens with one attached hydrogen (secondary N) is 1. The molecule has 2 atom stereocenters. The summed E-state index contributed by atoms with van der Waals surface area (Å²) < 4.78 is 5.11. The molecule has 0 aromatic carbocycles. The van der Waals surface area contributed by atoms with Crippen molar-refractivity contribution < 1.29 is 9.53 Å². The molecule has 1 aliphatic carbocycles. The number of carbonyl (C=O) groups excluding carboxylic acids is 1. The van der Waals surface area contributed by atoms with Gasteiger partial charge in [0, 0.05) is 5.54 Å². The lowest BCUT2D eigenvalue weighted by molar-refractivity contribution is -0.145. The molecule has 106 valence electrons. The van der Waals surface area contributed by atoms with E-state index in [0.29, 0.717) is 13.0 Å². The highest BCUT2D eigenvalue weighted by Crippen LogP contribution is 2.37. The quantitative estimate of drug-likeness (QED) is 0.741. The van der Waals surface area contributed by atoms with E-state index in [2.05, 4.69) is 19.2 Å². The van der Waals surface area contributed by atoms with E-state index in [1.807, 2.05) is 14.0 Å². The van der Waals surface area contributed by atoms with E-state index in [0.717, 1.165) is 24.7 Å². The zero-order valence-electron chi connectivity index (χ0n) is 12.4. The van der Waals surface area contributed by atoms with Crippen molar-refractivity contribution in [3.63, 3.8) is 0 Å². The van der Waals surface area contributed by atoms with Gasteiger partial charge in [0.1, 0.15) is 0 Å². The molecule has 0 radical (unpaired) electrons. The van der Waals surface area contributed by atoms with Crippen molar-refractivity contribution >= 4 is 5.97 Å². The molecular weight excluding hydrogens is 226 g/mol. The lowest BCUT2D eigenvalue weighted by Gasteiger charge is -2.41. The van der Waals surface area contributed by atoms with Gasteiger partial charge < -0.3 is 10.1 Å². The number of esters is 1. The Morgan fingerprint density at radius 1 is 1.50 bits per heavy atom. The van der Waals surface area contributed by atoms with E-state index in [-0.39, 0.29) is 11.5 Å². The molecular formula is C15H29NO2. The van der Waals surface area contributed by atoms with E-state index in [4.69, 9.17) is 4.74 Å². The summed E-state index contributed by atoms with van der Waals surface area (Å²) in [6.45, 7) is 6.91. The third-order valence-electron chi connectivity index (χ3n) is 4.07. The second-order valence-electron chi connectivity index (χ2n) is 6.10. The second kappa shape index (κ2) is 7.13. The Bertz CT molecular complexity index is 265. The number of hydrogen-bond acceptors (Lipinski definition) is 3. The summed E-state index contributed by atoms with van der Waals surface area (Å²) in [5.41, 5.74) is -0.0237. The summed E-state index contributed by atoms with van der Waals surface area (Å²) in [5.74, 6) is 1.43. The van der Waals surface area contributed by atoms with Gasteiger partial charge in [-0.3, -0.25) is 4.79 Å². The highest BCUT2D eigenvalue weighted by atomic mass is 16.5. The van der Waals surface area contributed by atoms with Crippen LogP contribution in [0, 0.1) is 11.8 Å². The van der Waals surface area contributed by atoms with Crippen LogP contribution in [-0.4, -0.2) is 25.2 Å². The van der Waals surface area contributed by atoms with Gasteiger partial charge in [0.05, 0.1) is 13.0 Å². The van der Waals surface area contributed by atoms with Gasteiger partial charge in [-0.15, -0.1) is 0 Å². The Morgan fingerprint density at radius 3 is 2.78 bits per heavy atom. The van der Waals surface area contributed by atoms with Gasteiger partial charge >= 0.3 is 5.97 Å². The van der Waals surface area contributed by atoms with Gasteiger partial charge in [-0.05, 0) is 45.1 Å². The molecule has 3 heteroatoms. The molecule has 0 heterocycles. The van der Waals surface area contributed by atoms with Crippen LogP contribution in [0.2, 0.25) is 0 Å². The minimum Gasteiger partial charge on any atom is -0.466 e. The number of ether oxygens (including phenoxy) is 1. The molecule has 0 spiro atoms. The van der Waals surface area contributed by atoms with Crippen LogP contribution >= 0.6 is 0 Å². The normalized spacial score (nSPS) is 28.4. The maximum atomic E-state index is 11.7. The molecule has 0 bridgehead atoms. The summed E-state index contributed by atoms with van der Waals surface area (Å²) in [7, 11) is 1.98. The second-order valence-corrected chi connectivity index (χ2v) is 6.10. The standard InChI is InChI=1S/C15H29NO2/c1-5-18-14(17)11-15(16-4)8-6-7-13(10-15)9-12(2)3/h12-13,16H,5-11H2,1-4H3. The van der Waals surface area contributed by atoms with Crippen LogP contribution < -0.4 is 5.32 Å². The van der Waals surface area contributed by atoms with Gasteiger partial charge in [-0.25, -0.2) is 0 Å². The SMILES string of the molecule is CCOC(=O)CC1(NC)CCCC(CC(C)C)C1. The molecule has 0 aromatic heterocycles. The van der Waals surface area contributed by atoms with E-state index >= 15 is 0 Å². The Morgan fingerprint density at radius 2 is 2.22 bits per heavy atom. The fourth-order valence-corrected chi connectivity index (χ4v) is 3.32. The van der Waals surface area contributed by atoms with E-state index in [1.54, 1.807) is 0 Å². The van der Waals surface area contributed by atoms with Crippen molar-refractivity contribution in [3.8, 4) is 0 Å². The molecule has 3 nitrogen and oxygen atoms in total. The first-order valence-corrected chi connectivity index (χ1v) is 7.36. The average Bonchev–Trinajstić information content (AvgIpc) is 2.28. The van der Waals surface area contributed by atoms with Crippen molar-refractivity contribution in [2.75, 3.05) is 13.7 Å². The first-order valence-electron chi connectivity index (χ1n) is 7.36. The molecule has 18 heavy (non-hydrogen) atoms. The van der Waals surface area contributed by atoms with Crippen LogP contribution in [-0.2, 0) is 9.53 Å². The molecule has 1 rings (SSSR count). The Labute approximate surface area is 112 Å². The predicted molar refractivity (Wildman–Crippen MR) is 74.5 cm³/mol. The maximum Gasteiger partial charge on any atom is 0.307 e.